The van der Waals surface area contributed by atoms with Crippen LogP contribution in [-0.2, 0) is 13.1 Å². The van der Waals surface area contributed by atoms with E-state index in [1.54, 1.807) is 0 Å². The average Bonchev–Trinajstić information content (AvgIpc) is 3.06. The molecule has 1 saturated carbocycles. The average molecular weight is 250 g/mol. The number of rotatable bonds is 8. The SMILES string of the molecule is CCCN(Cc1occc1CNC1CC1)C(C)C. The highest BCUT2D eigenvalue weighted by molar-refractivity contribution is 5.17. The molecule has 0 aliphatic heterocycles. The second-order valence-electron chi connectivity index (χ2n) is 5.59. The van der Waals surface area contributed by atoms with Gasteiger partial charge in [-0.2, -0.15) is 0 Å². The minimum Gasteiger partial charge on any atom is -0.468 e. The second-order valence-corrected chi connectivity index (χ2v) is 5.59. The number of nitrogens with zero attached hydrogens (tertiary/aromatic N) is 1. The molecule has 1 aliphatic carbocycles. The lowest BCUT2D eigenvalue weighted by Crippen LogP contribution is -2.31. The maximum absolute atomic E-state index is 5.66. The van der Waals surface area contributed by atoms with E-state index >= 15 is 0 Å². The van der Waals surface area contributed by atoms with Gasteiger partial charge in [-0.25, -0.2) is 0 Å². The highest BCUT2D eigenvalue weighted by Gasteiger charge is 2.21. The summed E-state index contributed by atoms with van der Waals surface area (Å²) >= 11 is 0. The van der Waals surface area contributed by atoms with E-state index in [2.05, 4.69) is 37.1 Å². The van der Waals surface area contributed by atoms with E-state index < -0.39 is 0 Å². The van der Waals surface area contributed by atoms with E-state index in [4.69, 9.17) is 4.42 Å². The van der Waals surface area contributed by atoms with Gasteiger partial charge in [-0.15, -0.1) is 0 Å². The van der Waals surface area contributed by atoms with Crippen LogP contribution in [0.4, 0.5) is 0 Å². The normalized spacial score (nSPS) is 15.8. The molecule has 1 aromatic heterocycles. The van der Waals surface area contributed by atoms with E-state index in [0.717, 1.165) is 31.4 Å². The van der Waals surface area contributed by atoms with E-state index in [1.807, 2.05) is 6.26 Å². The third-order valence-corrected chi connectivity index (χ3v) is 3.58. The van der Waals surface area contributed by atoms with Crippen molar-refractivity contribution in [1.82, 2.24) is 10.2 Å². The Kier molecular flexibility index (Phi) is 4.84. The van der Waals surface area contributed by atoms with Crippen LogP contribution in [0.5, 0.6) is 0 Å². The summed E-state index contributed by atoms with van der Waals surface area (Å²) < 4.78 is 5.66. The Labute approximate surface area is 111 Å². The fourth-order valence-corrected chi connectivity index (χ4v) is 2.20. The van der Waals surface area contributed by atoms with Crippen LogP contribution in [-0.4, -0.2) is 23.5 Å². The maximum atomic E-state index is 5.66. The first-order chi connectivity index (χ1) is 8.70. The third-order valence-electron chi connectivity index (χ3n) is 3.58. The lowest BCUT2D eigenvalue weighted by Gasteiger charge is -2.25. The standard InChI is InChI=1S/C15H26N2O/c1-4-8-17(12(2)3)11-15-13(7-9-18-15)10-16-14-5-6-14/h7,9,12,14,16H,4-6,8,10-11H2,1-3H3. The predicted octanol–water partition coefficient (Wildman–Crippen LogP) is 3.15. The molecule has 102 valence electrons. The Morgan fingerprint density at radius 2 is 2.22 bits per heavy atom. The Hall–Kier alpha value is -0.800. The molecule has 1 aromatic rings. The third kappa shape index (κ3) is 3.85. The van der Waals surface area contributed by atoms with E-state index in [0.29, 0.717) is 6.04 Å². The van der Waals surface area contributed by atoms with Crippen molar-refractivity contribution in [2.45, 2.75) is 65.2 Å². The quantitative estimate of drug-likeness (QED) is 0.768. The number of hydrogen-bond acceptors (Lipinski definition) is 3. The fraction of sp³-hybridized carbons (Fsp3) is 0.733. The van der Waals surface area contributed by atoms with Gasteiger partial charge in [-0.05, 0) is 45.7 Å². The van der Waals surface area contributed by atoms with Crippen LogP contribution in [0.3, 0.4) is 0 Å². The molecular formula is C15H26N2O. The Bertz CT molecular complexity index is 355. The first-order valence-electron chi connectivity index (χ1n) is 7.23. The second kappa shape index (κ2) is 6.39. The molecule has 2 rings (SSSR count). The van der Waals surface area contributed by atoms with Gasteiger partial charge in [-0.3, -0.25) is 4.90 Å². The fourth-order valence-electron chi connectivity index (χ4n) is 2.20. The summed E-state index contributed by atoms with van der Waals surface area (Å²) in [5.74, 6) is 1.13. The van der Waals surface area contributed by atoms with Gasteiger partial charge >= 0.3 is 0 Å². The molecule has 0 amide bonds. The van der Waals surface area contributed by atoms with Crippen LogP contribution in [0.25, 0.3) is 0 Å². The van der Waals surface area contributed by atoms with Crippen molar-refractivity contribution < 1.29 is 4.42 Å². The molecule has 0 aromatic carbocycles. The van der Waals surface area contributed by atoms with Crippen LogP contribution in [0, 0.1) is 0 Å². The van der Waals surface area contributed by atoms with Gasteiger partial charge in [0, 0.05) is 24.2 Å². The Morgan fingerprint density at radius 3 is 2.83 bits per heavy atom. The zero-order chi connectivity index (χ0) is 13.0. The van der Waals surface area contributed by atoms with Gasteiger partial charge in [0.25, 0.3) is 0 Å². The van der Waals surface area contributed by atoms with Crippen molar-refractivity contribution in [2.75, 3.05) is 6.54 Å². The lowest BCUT2D eigenvalue weighted by atomic mass is 10.2. The molecule has 0 saturated heterocycles. The van der Waals surface area contributed by atoms with Crippen molar-refractivity contribution in [2.24, 2.45) is 0 Å². The first kappa shape index (κ1) is 13.6. The lowest BCUT2D eigenvalue weighted by molar-refractivity contribution is 0.196. The number of furan rings is 1. The summed E-state index contributed by atoms with van der Waals surface area (Å²) in [4.78, 5) is 2.47. The minimum absolute atomic E-state index is 0.569. The minimum atomic E-state index is 0.569. The summed E-state index contributed by atoms with van der Waals surface area (Å²) in [7, 11) is 0. The van der Waals surface area contributed by atoms with E-state index in [9.17, 15) is 0 Å². The highest BCUT2D eigenvalue weighted by Crippen LogP contribution is 2.21. The van der Waals surface area contributed by atoms with Gasteiger partial charge in [0.1, 0.15) is 5.76 Å². The molecule has 3 heteroatoms. The van der Waals surface area contributed by atoms with Gasteiger partial charge in [0.05, 0.1) is 12.8 Å². The maximum Gasteiger partial charge on any atom is 0.122 e. The molecular weight excluding hydrogens is 224 g/mol. The van der Waals surface area contributed by atoms with Crippen molar-refractivity contribution in [3.05, 3.63) is 23.7 Å². The summed E-state index contributed by atoms with van der Waals surface area (Å²) in [5.41, 5.74) is 1.32. The van der Waals surface area contributed by atoms with Crippen LogP contribution >= 0.6 is 0 Å². The van der Waals surface area contributed by atoms with Crippen LogP contribution in [0.1, 0.15) is 51.4 Å². The van der Waals surface area contributed by atoms with Crippen molar-refractivity contribution >= 4 is 0 Å². The molecule has 0 atom stereocenters. The van der Waals surface area contributed by atoms with Gasteiger partial charge in [0.15, 0.2) is 0 Å². The monoisotopic (exact) mass is 250 g/mol. The van der Waals surface area contributed by atoms with Crippen molar-refractivity contribution in [1.29, 1.82) is 0 Å². The number of hydrogen-bond donors (Lipinski definition) is 1. The Morgan fingerprint density at radius 1 is 1.44 bits per heavy atom. The number of nitrogens with one attached hydrogen (secondary N) is 1. The van der Waals surface area contributed by atoms with Crippen LogP contribution < -0.4 is 5.32 Å². The molecule has 0 unspecified atom stereocenters. The molecule has 18 heavy (non-hydrogen) atoms. The molecule has 1 N–H and O–H groups in total. The van der Waals surface area contributed by atoms with Crippen LogP contribution in [0.2, 0.25) is 0 Å². The molecule has 0 bridgehead atoms. The smallest absolute Gasteiger partial charge is 0.122 e. The molecule has 3 nitrogen and oxygen atoms in total. The van der Waals surface area contributed by atoms with Gasteiger partial charge in [-0.1, -0.05) is 6.92 Å². The van der Waals surface area contributed by atoms with Crippen molar-refractivity contribution in [3.63, 3.8) is 0 Å². The summed E-state index contributed by atoms with van der Waals surface area (Å²) in [6.07, 6.45) is 5.68. The molecule has 1 heterocycles. The van der Waals surface area contributed by atoms with Gasteiger partial charge in [0.2, 0.25) is 0 Å². The van der Waals surface area contributed by atoms with Gasteiger partial charge < -0.3 is 9.73 Å². The molecule has 1 aliphatic rings. The summed E-state index contributed by atoms with van der Waals surface area (Å²) in [6, 6.07) is 3.43. The van der Waals surface area contributed by atoms with E-state index in [-0.39, 0.29) is 0 Å². The molecule has 1 fully saturated rings. The molecule has 0 radical (unpaired) electrons. The topological polar surface area (TPSA) is 28.4 Å². The first-order valence-corrected chi connectivity index (χ1v) is 7.23. The van der Waals surface area contributed by atoms with Crippen LogP contribution in [0.15, 0.2) is 16.7 Å². The predicted molar refractivity (Wildman–Crippen MR) is 74.4 cm³/mol. The zero-order valence-corrected chi connectivity index (χ0v) is 11.9. The summed E-state index contributed by atoms with van der Waals surface area (Å²) in [5, 5.41) is 3.56. The van der Waals surface area contributed by atoms with Crippen molar-refractivity contribution in [3.8, 4) is 0 Å². The molecule has 0 spiro atoms. The summed E-state index contributed by atoms with van der Waals surface area (Å²) in [6.45, 7) is 9.75. The largest absolute Gasteiger partial charge is 0.468 e. The Balaban J connectivity index is 1.91. The van der Waals surface area contributed by atoms with E-state index in [1.165, 1.54) is 24.8 Å². The highest BCUT2D eigenvalue weighted by atomic mass is 16.3. The zero-order valence-electron chi connectivity index (χ0n) is 11.9.